The van der Waals surface area contributed by atoms with Gasteiger partial charge in [-0.15, -0.1) is 0 Å². The summed E-state index contributed by atoms with van der Waals surface area (Å²) in [5.74, 6) is -0.888. The van der Waals surface area contributed by atoms with Crippen molar-refractivity contribution >= 4 is 21.6 Å². The second-order valence-corrected chi connectivity index (χ2v) is 7.26. The fourth-order valence-corrected chi connectivity index (χ4v) is 3.98. The Kier molecular flexibility index (Phi) is 4.18. The molecule has 3 rings (SSSR count). The Morgan fingerprint density at radius 2 is 1.83 bits per heavy atom. The number of hydrogen-bond acceptors (Lipinski definition) is 3. The number of sulfonamides is 1. The Hall–Kier alpha value is -2.19. The van der Waals surface area contributed by atoms with Crippen molar-refractivity contribution in [3.63, 3.8) is 0 Å². The lowest BCUT2D eigenvalue weighted by molar-refractivity contribution is 0.102. The molecule has 2 heterocycles. The van der Waals surface area contributed by atoms with Gasteiger partial charge in [-0.05, 0) is 43.2 Å². The maximum atomic E-state index is 12.8. The van der Waals surface area contributed by atoms with Crippen LogP contribution in [0.15, 0.2) is 41.4 Å². The van der Waals surface area contributed by atoms with E-state index in [0.29, 0.717) is 18.8 Å². The summed E-state index contributed by atoms with van der Waals surface area (Å²) in [6.45, 7) is 1.01. The maximum absolute atomic E-state index is 12.8. The highest BCUT2D eigenvalue weighted by molar-refractivity contribution is 7.89. The molecule has 1 aliphatic rings. The van der Waals surface area contributed by atoms with Crippen LogP contribution in [0, 0.1) is 5.82 Å². The van der Waals surface area contributed by atoms with Gasteiger partial charge in [0.05, 0.1) is 0 Å². The lowest BCUT2D eigenvalue weighted by atomic mass is 10.3. The van der Waals surface area contributed by atoms with Gasteiger partial charge in [-0.1, -0.05) is 0 Å². The van der Waals surface area contributed by atoms with E-state index >= 15 is 0 Å². The van der Waals surface area contributed by atoms with Crippen molar-refractivity contribution in [2.75, 3.05) is 18.4 Å². The maximum Gasteiger partial charge on any atom is 0.272 e. The number of carbonyl (C=O) groups excluding carboxylic acids is 1. The zero-order valence-corrected chi connectivity index (χ0v) is 13.1. The van der Waals surface area contributed by atoms with Crippen molar-refractivity contribution in [3.8, 4) is 0 Å². The van der Waals surface area contributed by atoms with Gasteiger partial charge < -0.3 is 10.3 Å². The van der Waals surface area contributed by atoms with Crippen molar-refractivity contribution in [1.29, 1.82) is 0 Å². The second-order valence-electron chi connectivity index (χ2n) is 5.32. The number of H-pyrrole nitrogens is 1. The first-order chi connectivity index (χ1) is 11.0. The molecule has 2 aromatic rings. The monoisotopic (exact) mass is 337 g/mol. The number of aromatic nitrogens is 1. The Bertz CT molecular complexity index is 809. The fourth-order valence-electron chi connectivity index (χ4n) is 2.46. The lowest BCUT2D eigenvalue weighted by Gasteiger charge is -2.13. The third kappa shape index (κ3) is 3.27. The van der Waals surface area contributed by atoms with Gasteiger partial charge in [0.25, 0.3) is 5.91 Å². The van der Waals surface area contributed by atoms with E-state index in [4.69, 9.17) is 0 Å². The first kappa shape index (κ1) is 15.7. The smallest absolute Gasteiger partial charge is 0.272 e. The van der Waals surface area contributed by atoms with E-state index in [9.17, 15) is 17.6 Å². The summed E-state index contributed by atoms with van der Waals surface area (Å²) < 4.78 is 39.1. The summed E-state index contributed by atoms with van der Waals surface area (Å²) in [6.07, 6.45) is 3.01. The molecule has 0 radical (unpaired) electrons. The van der Waals surface area contributed by atoms with Crippen LogP contribution in [0.3, 0.4) is 0 Å². The number of nitrogens with zero attached hydrogens (tertiary/aromatic N) is 1. The average molecular weight is 337 g/mol. The van der Waals surface area contributed by atoms with Crippen molar-refractivity contribution in [2.24, 2.45) is 0 Å². The molecule has 0 saturated carbocycles. The van der Waals surface area contributed by atoms with Gasteiger partial charge in [0.2, 0.25) is 10.0 Å². The predicted molar refractivity (Wildman–Crippen MR) is 83.1 cm³/mol. The SMILES string of the molecule is O=C(Nc1ccc(F)cc1)c1cc(S(=O)(=O)N2CCCC2)c[nH]1. The molecular weight excluding hydrogens is 321 g/mol. The van der Waals surface area contributed by atoms with Gasteiger partial charge >= 0.3 is 0 Å². The Labute approximate surface area is 133 Å². The van der Waals surface area contributed by atoms with Crippen molar-refractivity contribution < 1.29 is 17.6 Å². The van der Waals surface area contributed by atoms with Crippen molar-refractivity contribution in [2.45, 2.75) is 17.7 Å². The third-order valence-corrected chi connectivity index (χ3v) is 5.58. The number of rotatable bonds is 4. The molecule has 0 bridgehead atoms. The molecule has 8 heteroatoms. The molecule has 1 aliphatic heterocycles. The minimum absolute atomic E-state index is 0.0728. The van der Waals surface area contributed by atoms with Gasteiger partial charge in [0, 0.05) is 25.0 Å². The first-order valence-electron chi connectivity index (χ1n) is 7.22. The molecule has 122 valence electrons. The molecule has 23 heavy (non-hydrogen) atoms. The normalized spacial score (nSPS) is 15.7. The third-order valence-electron chi connectivity index (χ3n) is 3.71. The quantitative estimate of drug-likeness (QED) is 0.897. The summed E-state index contributed by atoms with van der Waals surface area (Å²) in [4.78, 5) is 14.9. The Morgan fingerprint density at radius 3 is 2.48 bits per heavy atom. The molecule has 0 aliphatic carbocycles. The highest BCUT2D eigenvalue weighted by Crippen LogP contribution is 2.21. The number of benzene rings is 1. The van der Waals surface area contributed by atoms with Crippen LogP contribution < -0.4 is 5.32 Å². The standard InChI is InChI=1S/C15H16FN3O3S/c16-11-3-5-12(6-4-11)18-15(20)14-9-13(10-17-14)23(21,22)19-7-1-2-8-19/h3-6,9-10,17H,1-2,7-8H2,(H,18,20). The van der Waals surface area contributed by atoms with E-state index in [-0.39, 0.29) is 10.6 Å². The predicted octanol–water partition coefficient (Wildman–Crippen LogP) is 2.19. The summed E-state index contributed by atoms with van der Waals surface area (Å²) in [5, 5.41) is 2.57. The molecule has 0 unspecified atom stereocenters. The van der Waals surface area contributed by atoms with Gasteiger partial charge in [-0.25, -0.2) is 12.8 Å². The summed E-state index contributed by atoms with van der Waals surface area (Å²) in [5.41, 5.74) is 0.557. The first-order valence-corrected chi connectivity index (χ1v) is 8.66. The molecular formula is C15H16FN3O3S. The van der Waals surface area contributed by atoms with Crippen LogP contribution >= 0.6 is 0 Å². The summed E-state index contributed by atoms with van der Waals surface area (Å²) >= 11 is 0. The van der Waals surface area contributed by atoms with Crippen molar-refractivity contribution in [3.05, 3.63) is 48.0 Å². The minimum atomic E-state index is -3.56. The van der Waals surface area contributed by atoms with Crippen LogP contribution in [0.2, 0.25) is 0 Å². The van der Waals surface area contributed by atoms with E-state index in [1.165, 1.54) is 40.8 Å². The van der Waals surface area contributed by atoms with E-state index in [1.54, 1.807) is 0 Å². The van der Waals surface area contributed by atoms with E-state index in [0.717, 1.165) is 12.8 Å². The zero-order valence-electron chi connectivity index (χ0n) is 12.3. The Morgan fingerprint density at radius 1 is 1.17 bits per heavy atom. The Balaban J connectivity index is 1.76. The number of carbonyl (C=O) groups is 1. The molecule has 2 N–H and O–H groups in total. The van der Waals surface area contributed by atoms with Crippen LogP contribution in [0.25, 0.3) is 0 Å². The number of hydrogen-bond donors (Lipinski definition) is 2. The summed E-state index contributed by atoms with van der Waals surface area (Å²) in [6, 6.07) is 6.63. The number of amides is 1. The van der Waals surface area contributed by atoms with Crippen LogP contribution in [0.1, 0.15) is 23.3 Å². The largest absolute Gasteiger partial charge is 0.356 e. The molecule has 1 amide bonds. The van der Waals surface area contributed by atoms with Crippen LogP contribution in [0.4, 0.5) is 10.1 Å². The van der Waals surface area contributed by atoms with Gasteiger partial charge in [0.1, 0.15) is 16.4 Å². The van der Waals surface area contributed by atoms with E-state index in [1.807, 2.05) is 0 Å². The molecule has 1 fully saturated rings. The van der Waals surface area contributed by atoms with Gasteiger partial charge in [0.15, 0.2) is 0 Å². The van der Waals surface area contributed by atoms with Gasteiger partial charge in [-0.2, -0.15) is 4.31 Å². The average Bonchev–Trinajstić information content (AvgIpc) is 3.21. The number of halogens is 1. The molecule has 1 saturated heterocycles. The van der Waals surface area contributed by atoms with Crippen LogP contribution in [-0.2, 0) is 10.0 Å². The fraction of sp³-hybridized carbons (Fsp3) is 0.267. The number of aromatic amines is 1. The molecule has 0 spiro atoms. The molecule has 1 aromatic heterocycles. The molecule has 0 atom stereocenters. The van der Waals surface area contributed by atoms with E-state index in [2.05, 4.69) is 10.3 Å². The highest BCUT2D eigenvalue weighted by Gasteiger charge is 2.28. The number of nitrogens with one attached hydrogen (secondary N) is 2. The molecule has 6 nitrogen and oxygen atoms in total. The van der Waals surface area contributed by atoms with Crippen LogP contribution in [0.5, 0.6) is 0 Å². The lowest BCUT2D eigenvalue weighted by Crippen LogP contribution is -2.27. The van der Waals surface area contributed by atoms with Crippen molar-refractivity contribution in [1.82, 2.24) is 9.29 Å². The topological polar surface area (TPSA) is 82.3 Å². The number of anilines is 1. The molecule has 1 aromatic carbocycles. The van der Waals surface area contributed by atoms with E-state index < -0.39 is 21.7 Å². The summed E-state index contributed by atoms with van der Waals surface area (Å²) in [7, 11) is -3.56. The van der Waals surface area contributed by atoms with Gasteiger partial charge in [-0.3, -0.25) is 4.79 Å². The zero-order chi connectivity index (χ0) is 16.4. The second kappa shape index (κ2) is 6.13. The minimum Gasteiger partial charge on any atom is -0.356 e. The highest BCUT2D eigenvalue weighted by atomic mass is 32.2. The van der Waals surface area contributed by atoms with Crippen LogP contribution in [-0.4, -0.2) is 36.7 Å².